The van der Waals surface area contributed by atoms with Crippen LogP contribution in [0.4, 0.5) is 4.39 Å². The molecule has 0 radical (unpaired) electrons. The quantitative estimate of drug-likeness (QED) is 0.689. The zero-order valence-electron chi connectivity index (χ0n) is 12.8. The number of benzene rings is 1. The van der Waals surface area contributed by atoms with Crippen molar-refractivity contribution in [3.63, 3.8) is 0 Å². The van der Waals surface area contributed by atoms with Crippen LogP contribution in [-0.4, -0.2) is 51.6 Å². The summed E-state index contributed by atoms with van der Waals surface area (Å²) >= 11 is 4.35. The van der Waals surface area contributed by atoms with Gasteiger partial charge in [-0.05, 0) is 52.3 Å². The number of halogens is 2. The molecule has 1 fully saturated rings. The molecule has 0 N–H and O–H groups in total. The first-order chi connectivity index (χ1) is 11.7. The molecule has 0 spiro atoms. The molecule has 1 aromatic carbocycles. The summed E-state index contributed by atoms with van der Waals surface area (Å²) in [5, 5.41) is 0. The van der Waals surface area contributed by atoms with Gasteiger partial charge in [-0.15, -0.1) is 11.3 Å². The van der Waals surface area contributed by atoms with Crippen molar-refractivity contribution in [3.05, 3.63) is 46.0 Å². The van der Waals surface area contributed by atoms with E-state index in [9.17, 15) is 21.2 Å². The van der Waals surface area contributed by atoms with Crippen molar-refractivity contribution < 1.29 is 21.2 Å². The molecule has 1 saturated heterocycles. The first-order valence-electron chi connectivity index (χ1n) is 7.22. The van der Waals surface area contributed by atoms with Gasteiger partial charge in [-0.25, -0.2) is 21.2 Å². The van der Waals surface area contributed by atoms with E-state index in [4.69, 9.17) is 0 Å². The van der Waals surface area contributed by atoms with Gasteiger partial charge in [-0.1, -0.05) is 0 Å². The summed E-state index contributed by atoms with van der Waals surface area (Å²) in [4.78, 5) is -0.00704. The Labute approximate surface area is 158 Å². The number of hydrogen-bond acceptors (Lipinski definition) is 5. The van der Waals surface area contributed by atoms with Crippen LogP contribution in [0.2, 0.25) is 0 Å². The Kier molecular flexibility index (Phi) is 5.33. The molecule has 2 heterocycles. The average molecular weight is 469 g/mol. The van der Waals surface area contributed by atoms with Crippen molar-refractivity contribution >= 4 is 47.3 Å². The minimum absolute atomic E-state index is 0.00704. The van der Waals surface area contributed by atoms with Crippen molar-refractivity contribution in [2.75, 3.05) is 26.2 Å². The monoisotopic (exact) mass is 468 g/mol. The summed E-state index contributed by atoms with van der Waals surface area (Å²) in [7, 11) is -7.40. The van der Waals surface area contributed by atoms with E-state index in [-0.39, 0.29) is 35.3 Å². The lowest BCUT2D eigenvalue weighted by Gasteiger charge is -2.32. The largest absolute Gasteiger partial charge is 0.252 e. The number of hydrogen-bond donors (Lipinski definition) is 0. The fraction of sp³-hybridized carbons (Fsp3) is 0.286. The minimum atomic E-state index is -3.77. The van der Waals surface area contributed by atoms with Gasteiger partial charge < -0.3 is 0 Å². The van der Waals surface area contributed by atoms with Crippen LogP contribution in [0.15, 0.2) is 49.3 Å². The molecule has 0 aliphatic carbocycles. The lowest BCUT2D eigenvalue weighted by molar-refractivity contribution is 0.273. The molecule has 0 amide bonds. The van der Waals surface area contributed by atoms with Crippen LogP contribution in [-0.2, 0) is 20.0 Å². The molecule has 2 aromatic rings. The van der Waals surface area contributed by atoms with E-state index in [1.54, 1.807) is 6.07 Å². The highest BCUT2D eigenvalue weighted by Crippen LogP contribution is 2.29. The highest BCUT2D eigenvalue weighted by molar-refractivity contribution is 9.11. The molecule has 6 nitrogen and oxygen atoms in total. The Balaban J connectivity index is 1.74. The summed E-state index contributed by atoms with van der Waals surface area (Å²) < 4.78 is 66.7. The molecular formula is C14H14BrFN2O4S3. The highest BCUT2D eigenvalue weighted by Gasteiger charge is 2.34. The van der Waals surface area contributed by atoms with E-state index in [1.165, 1.54) is 26.8 Å². The van der Waals surface area contributed by atoms with Crippen LogP contribution >= 0.6 is 27.3 Å². The van der Waals surface area contributed by atoms with E-state index >= 15 is 0 Å². The van der Waals surface area contributed by atoms with E-state index in [0.29, 0.717) is 3.79 Å². The molecule has 136 valence electrons. The predicted molar refractivity (Wildman–Crippen MR) is 95.9 cm³/mol. The van der Waals surface area contributed by atoms with Gasteiger partial charge in [-0.3, -0.25) is 0 Å². The Hall–Kier alpha value is -0.850. The van der Waals surface area contributed by atoms with Crippen LogP contribution in [0.5, 0.6) is 0 Å². The zero-order valence-corrected chi connectivity index (χ0v) is 16.8. The van der Waals surface area contributed by atoms with E-state index in [2.05, 4.69) is 15.9 Å². The van der Waals surface area contributed by atoms with Crippen molar-refractivity contribution in [1.82, 2.24) is 8.61 Å². The van der Waals surface area contributed by atoms with Crippen molar-refractivity contribution in [3.8, 4) is 0 Å². The van der Waals surface area contributed by atoms with Gasteiger partial charge in [0.2, 0.25) is 10.0 Å². The van der Waals surface area contributed by atoms with Gasteiger partial charge in [0, 0.05) is 26.2 Å². The van der Waals surface area contributed by atoms with Crippen molar-refractivity contribution in [2.24, 2.45) is 0 Å². The third-order valence-electron chi connectivity index (χ3n) is 3.79. The second kappa shape index (κ2) is 7.05. The molecule has 1 aliphatic rings. The van der Waals surface area contributed by atoms with Crippen molar-refractivity contribution in [2.45, 2.75) is 9.10 Å². The first-order valence-corrected chi connectivity index (χ1v) is 11.7. The number of nitrogens with zero attached hydrogens (tertiary/aromatic N) is 2. The Bertz CT molecular complexity index is 966. The third kappa shape index (κ3) is 3.81. The maximum Gasteiger partial charge on any atom is 0.252 e. The Morgan fingerprint density at radius 2 is 1.36 bits per heavy atom. The van der Waals surface area contributed by atoms with Gasteiger partial charge >= 0.3 is 0 Å². The van der Waals surface area contributed by atoms with Gasteiger partial charge in [0.05, 0.1) is 8.68 Å². The standard InChI is InChI=1S/C14H14BrFN2O4S3/c15-13-5-6-14(23-13)25(21,22)18-9-7-17(8-10-18)24(19,20)12-3-1-11(16)2-4-12/h1-6H,7-10H2. The fourth-order valence-electron chi connectivity index (χ4n) is 2.47. The number of thiophene rings is 1. The van der Waals surface area contributed by atoms with Gasteiger partial charge in [0.15, 0.2) is 0 Å². The third-order valence-corrected chi connectivity index (χ3v) is 9.69. The molecule has 0 unspecified atom stereocenters. The maximum atomic E-state index is 13.0. The molecule has 1 aliphatic heterocycles. The molecule has 25 heavy (non-hydrogen) atoms. The minimum Gasteiger partial charge on any atom is -0.207 e. The van der Waals surface area contributed by atoms with Crippen molar-refractivity contribution in [1.29, 1.82) is 0 Å². The summed E-state index contributed by atoms with van der Waals surface area (Å²) in [5.74, 6) is -0.517. The van der Waals surface area contributed by atoms with Crippen LogP contribution in [0.1, 0.15) is 0 Å². The molecule has 0 atom stereocenters. The Morgan fingerprint density at radius 1 is 0.840 bits per heavy atom. The predicted octanol–water partition coefficient (Wildman–Crippen LogP) is 2.34. The van der Waals surface area contributed by atoms with Gasteiger partial charge in [-0.2, -0.15) is 8.61 Å². The number of rotatable bonds is 4. The molecule has 1 aromatic heterocycles. The number of piperazine rings is 1. The average Bonchev–Trinajstić information content (AvgIpc) is 3.03. The first kappa shape index (κ1) is 18.9. The van der Waals surface area contributed by atoms with E-state index < -0.39 is 25.9 Å². The maximum absolute atomic E-state index is 13.0. The second-order valence-corrected chi connectivity index (χ2v) is 11.9. The molecular weight excluding hydrogens is 455 g/mol. The lowest BCUT2D eigenvalue weighted by atomic mass is 10.4. The molecule has 11 heteroatoms. The normalized spacial score (nSPS) is 17.7. The summed E-state index contributed by atoms with van der Waals surface area (Å²) in [5.41, 5.74) is 0. The topological polar surface area (TPSA) is 74.8 Å². The van der Waals surface area contributed by atoms with Gasteiger partial charge in [0.1, 0.15) is 10.0 Å². The Morgan fingerprint density at radius 3 is 1.84 bits per heavy atom. The molecule has 3 rings (SSSR count). The van der Waals surface area contributed by atoms with Gasteiger partial charge in [0.25, 0.3) is 10.0 Å². The fourth-order valence-corrected chi connectivity index (χ4v) is 7.48. The zero-order chi connectivity index (χ0) is 18.2. The smallest absolute Gasteiger partial charge is 0.207 e. The second-order valence-electron chi connectivity index (χ2n) is 5.32. The summed E-state index contributed by atoms with van der Waals surface area (Å²) in [6.45, 7) is 0.230. The number of sulfonamides is 2. The SMILES string of the molecule is O=S(=O)(c1ccc(F)cc1)N1CCN(S(=O)(=O)c2ccc(Br)s2)CC1. The van der Waals surface area contributed by atoms with Crippen LogP contribution in [0.3, 0.4) is 0 Å². The van der Waals surface area contributed by atoms with Crippen LogP contribution in [0.25, 0.3) is 0 Å². The summed E-state index contributed by atoms with van der Waals surface area (Å²) in [6.07, 6.45) is 0. The summed E-state index contributed by atoms with van der Waals surface area (Å²) in [6, 6.07) is 7.76. The molecule has 0 saturated carbocycles. The van der Waals surface area contributed by atoms with E-state index in [1.807, 2.05) is 0 Å². The lowest BCUT2D eigenvalue weighted by Crippen LogP contribution is -2.50. The highest BCUT2D eigenvalue weighted by atomic mass is 79.9. The van der Waals surface area contributed by atoms with Crippen LogP contribution < -0.4 is 0 Å². The molecule has 0 bridgehead atoms. The van der Waals surface area contributed by atoms with E-state index in [0.717, 1.165) is 23.5 Å². The van der Waals surface area contributed by atoms with Crippen LogP contribution in [0, 0.1) is 5.82 Å².